The number of amidine groups is 1. The third-order valence-corrected chi connectivity index (χ3v) is 4.19. The highest BCUT2D eigenvalue weighted by Gasteiger charge is 2.37. The number of aliphatic imine (C=N–C) groups is 1. The lowest BCUT2D eigenvalue weighted by atomic mass is 10.1. The molecule has 0 atom stereocenters. The van der Waals surface area contributed by atoms with Crippen molar-refractivity contribution in [2.24, 2.45) is 10.7 Å². The number of fused-ring (bicyclic) bond motifs is 1. The van der Waals surface area contributed by atoms with Crippen molar-refractivity contribution in [3.63, 3.8) is 0 Å². The van der Waals surface area contributed by atoms with Crippen LogP contribution in [0, 0.1) is 6.92 Å². The largest absolute Gasteiger partial charge is 0.386 e. The molecule has 0 spiro atoms. The Labute approximate surface area is 148 Å². The Hall–Kier alpha value is -2.37. The van der Waals surface area contributed by atoms with Gasteiger partial charge in [0, 0.05) is 5.02 Å². The highest BCUT2D eigenvalue weighted by molar-refractivity contribution is 6.37. The Kier molecular flexibility index (Phi) is 4.30. The van der Waals surface area contributed by atoms with Gasteiger partial charge >= 0.3 is 0 Å². The summed E-state index contributed by atoms with van der Waals surface area (Å²) in [6.45, 7) is 1.79. The first-order chi connectivity index (χ1) is 11.4. The molecule has 0 fully saturated rings. The van der Waals surface area contributed by atoms with Gasteiger partial charge in [-0.15, -0.1) is 11.6 Å². The van der Waals surface area contributed by atoms with Crippen LogP contribution in [-0.4, -0.2) is 23.5 Å². The predicted octanol–water partition coefficient (Wildman–Crippen LogP) is 3.68. The minimum Gasteiger partial charge on any atom is -0.386 e. The van der Waals surface area contributed by atoms with Crippen LogP contribution in [-0.2, 0) is 0 Å². The third kappa shape index (κ3) is 2.77. The maximum absolute atomic E-state index is 12.6. The molecule has 24 heavy (non-hydrogen) atoms. The van der Waals surface area contributed by atoms with E-state index in [-0.39, 0.29) is 11.8 Å². The summed E-state index contributed by atoms with van der Waals surface area (Å²) in [5, 5.41) is 0.412. The van der Waals surface area contributed by atoms with Gasteiger partial charge in [-0.05, 0) is 48.9 Å². The Morgan fingerprint density at radius 3 is 2.50 bits per heavy atom. The third-order valence-electron chi connectivity index (χ3n) is 3.68. The lowest BCUT2D eigenvalue weighted by Gasteiger charge is -2.17. The van der Waals surface area contributed by atoms with Gasteiger partial charge in [-0.1, -0.05) is 11.6 Å². The summed E-state index contributed by atoms with van der Waals surface area (Å²) in [5.74, 6) is -0.345. The summed E-state index contributed by atoms with van der Waals surface area (Å²) < 4.78 is 0. The molecule has 0 aliphatic carbocycles. The van der Waals surface area contributed by atoms with Gasteiger partial charge in [-0.3, -0.25) is 9.59 Å². The molecule has 0 aromatic heterocycles. The first-order valence-electron chi connectivity index (χ1n) is 7.10. The van der Waals surface area contributed by atoms with Crippen molar-refractivity contribution >= 4 is 52.2 Å². The molecule has 5 nitrogen and oxygen atoms in total. The predicted molar refractivity (Wildman–Crippen MR) is 95.8 cm³/mol. The molecule has 0 radical (unpaired) electrons. The van der Waals surface area contributed by atoms with E-state index < -0.39 is 5.91 Å². The number of benzene rings is 2. The van der Waals surface area contributed by atoms with Crippen LogP contribution in [0.15, 0.2) is 41.4 Å². The van der Waals surface area contributed by atoms with Crippen molar-refractivity contribution in [3.05, 3.63) is 58.1 Å². The standard InChI is InChI=1S/C17H13Cl2N3O2/c1-9-6-11(21-15(20)8-18)3-5-14(9)22-16(23)12-4-2-10(19)7-13(12)17(22)24/h2-7H,8H2,1H3,(H2,20,21). The van der Waals surface area contributed by atoms with Gasteiger partial charge in [-0.25, -0.2) is 9.89 Å². The minimum atomic E-state index is -0.392. The second-order valence-electron chi connectivity index (χ2n) is 5.34. The number of nitrogens with two attached hydrogens (primary N) is 1. The summed E-state index contributed by atoms with van der Waals surface area (Å²) in [6, 6.07) is 9.75. The Balaban J connectivity index is 2.02. The summed E-state index contributed by atoms with van der Waals surface area (Å²) >= 11 is 11.5. The molecule has 7 heteroatoms. The molecule has 3 rings (SSSR count). The number of nitrogens with zero attached hydrogens (tertiary/aromatic N) is 2. The number of halogens is 2. The van der Waals surface area contributed by atoms with Crippen molar-refractivity contribution in [3.8, 4) is 0 Å². The molecule has 0 saturated heterocycles. The van der Waals surface area contributed by atoms with Crippen molar-refractivity contribution in [1.82, 2.24) is 0 Å². The quantitative estimate of drug-likeness (QED) is 0.392. The number of amides is 2. The van der Waals surface area contributed by atoms with Gasteiger partial charge in [-0.2, -0.15) is 0 Å². The number of aryl methyl sites for hydroxylation is 1. The van der Waals surface area contributed by atoms with Gasteiger partial charge in [0.1, 0.15) is 5.84 Å². The van der Waals surface area contributed by atoms with Crippen LogP contribution in [0.3, 0.4) is 0 Å². The van der Waals surface area contributed by atoms with Crippen molar-refractivity contribution in [2.75, 3.05) is 10.8 Å². The fourth-order valence-corrected chi connectivity index (χ4v) is 2.82. The average molecular weight is 362 g/mol. The molecular weight excluding hydrogens is 349 g/mol. The molecule has 0 bridgehead atoms. The Bertz CT molecular complexity index is 893. The Morgan fingerprint density at radius 2 is 1.83 bits per heavy atom. The molecule has 0 saturated carbocycles. The van der Waals surface area contributed by atoms with Crippen LogP contribution < -0.4 is 10.6 Å². The van der Waals surface area contributed by atoms with E-state index in [0.29, 0.717) is 33.4 Å². The Morgan fingerprint density at radius 1 is 1.12 bits per heavy atom. The van der Waals surface area contributed by atoms with Crippen LogP contribution in [0.25, 0.3) is 0 Å². The lowest BCUT2D eigenvalue weighted by Crippen LogP contribution is -2.29. The van der Waals surface area contributed by atoms with E-state index in [9.17, 15) is 9.59 Å². The van der Waals surface area contributed by atoms with Crippen molar-refractivity contribution < 1.29 is 9.59 Å². The van der Waals surface area contributed by atoms with Crippen LogP contribution in [0.4, 0.5) is 11.4 Å². The van der Waals surface area contributed by atoms with E-state index in [2.05, 4.69) is 4.99 Å². The maximum Gasteiger partial charge on any atom is 0.266 e. The zero-order valence-electron chi connectivity index (χ0n) is 12.7. The number of hydrogen-bond donors (Lipinski definition) is 1. The lowest BCUT2D eigenvalue weighted by molar-refractivity contribution is 0.0926. The van der Waals surface area contributed by atoms with E-state index in [1.54, 1.807) is 37.3 Å². The highest BCUT2D eigenvalue weighted by Crippen LogP contribution is 2.33. The monoisotopic (exact) mass is 361 g/mol. The first kappa shape index (κ1) is 16.5. The smallest absolute Gasteiger partial charge is 0.266 e. The molecule has 2 amide bonds. The number of carbonyl (C=O) groups excluding carboxylic acids is 2. The maximum atomic E-state index is 12.6. The normalized spacial score (nSPS) is 14.3. The SMILES string of the molecule is Cc1cc(N=C(N)CCl)ccc1N1C(=O)c2ccc(Cl)cc2C1=O. The van der Waals surface area contributed by atoms with Gasteiger partial charge in [0.15, 0.2) is 0 Å². The summed E-state index contributed by atoms with van der Waals surface area (Å²) in [5.41, 5.74) is 8.10. The zero-order chi connectivity index (χ0) is 17.4. The summed E-state index contributed by atoms with van der Waals surface area (Å²) in [4.78, 5) is 30.5. The topological polar surface area (TPSA) is 75.8 Å². The number of rotatable bonds is 3. The first-order valence-corrected chi connectivity index (χ1v) is 8.01. The fourth-order valence-electron chi connectivity index (χ4n) is 2.59. The van der Waals surface area contributed by atoms with Gasteiger partial charge < -0.3 is 5.73 Å². The molecule has 2 N–H and O–H groups in total. The van der Waals surface area contributed by atoms with Gasteiger partial charge in [0.2, 0.25) is 0 Å². The van der Waals surface area contributed by atoms with Crippen molar-refractivity contribution in [1.29, 1.82) is 0 Å². The molecular formula is C17H13Cl2N3O2. The van der Waals surface area contributed by atoms with Crippen molar-refractivity contribution in [2.45, 2.75) is 6.92 Å². The van der Waals surface area contributed by atoms with Crippen LogP contribution >= 0.6 is 23.2 Å². The van der Waals surface area contributed by atoms with E-state index in [4.69, 9.17) is 28.9 Å². The number of hydrogen-bond acceptors (Lipinski definition) is 3. The second kappa shape index (κ2) is 6.26. The molecule has 1 aliphatic heterocycles. The molecule has 1 heterocycles. The van der Waals surface area contributed by atoms with Crippen LogP contribution in [0.1, 0.15) is 26.3 Å². The van der Waals surface area contributed by atoms with E-state index in [1.165, 1.54) is 6.07 Å². The summed E-state index contributed by atoms with van der Waals surface area (Å²) in [6.07, 6.45) is 0. The average Bonchev–Trinajstić information content (AvgIpc) is 2.79. The van der Waals surface area contributed by atoms with E-state index in [0.717, 1.165) is 10.5 Å². The number of imide groups is 1. The summed E-state index contributed by atoms with van der Waals surface area (Å²) in [7, 11) is 0. The molecule has 122 valence electrons. The highest BCUT2D eigenvalue weighted by atomic mass is 35.5. The number of alkyl halides is 1. The minimum absolute atomic E-state index is 0.125. The molecule has 2 aromatic rings. The second-order valence-corrected chi connectivity index (χ2v) is 6.05. The fraction of sp³-hybridized carbons (Fsp3) is 0.118. The van der Waals surface area contributed by atoms with Crippen LogP contribution in [0.2, 0.25) is 5.02 Å². The molecule has 0 unspecified atom stereocenters. The number of carbonyl (C=O) groups is 2. The van der Waals surface area contributed by atoms with E-state index in [1.807, 2.05) is 0 Å². The zero-order valence-corrected chi connectivity index (χ0v) is 14.2. The molecule has 1 aliphatic rings. The molecule has 2 aromatic carbocycles. The van der Waals surface area contributed by atoms with Gasteiger partial charge in [0.05, 0.1) is 28.4 Å². The van der Waals surface area contributed by atoms with Gasteiger partial charge in [0.25, 0.3) is 11.8 Å². The van der Waals surface area contributed by atoms with Crippen LogP contribution in [0.5, 0.6) is 0 Å². The van der Waals surface area contributed by atoms with E-state index >= 15 is 0 Å². The number of anilines is 1.